The topological polar surface area (TPSA) is 71.2 Å². The van der Waals surface area contributed by atoms with Crippen LogP contribution in [0.1, 0.15) is 25.7 Å². The predicted octanol–water partition coefficient (Wildman–Crippen LogP) is 3.96. The lowest BCUT2D eigenvalue weighted by molar-refractivity contribution is 0.0615. The van der Waals surface area contributed by atoms with E-state index in [-0.39, 0.29) is 5.34 Å². The highest BCUT2D eigenvalue weighted by molar-refractivity contribution is 6.40. The number of aliphatic hydroxyl groups is 1. The van der Waals surface area contributed by atoms with Gasteiger partial charge in [-0.3, -0.25) is 4.98 Å². The van der Waals surface area contributed by atoms with Crippen molar-refractivity contribution in [2.24, 2.45) is 0 Å². The van der Waals surface area contributed by atoms with E-state index in [1.165, 1.54) is 0 Å². The lowest BCUT2D eigenvalue weighted by Gasteiger charge is -2.24. The molecule has 0 saturated heterocycles. The number of hydrogen-bond acceptors (Lipinski definition) is 4. The Bertz CT molecular complexity index is 615. The minimum Gasteiger partial charge on any atom is -0.396 e. The van der Waals surface area contributed by atoms with Crippen LogP contribution < -0.4 is 11.1 Å². The van der Waals surface area contributed by atoms with Crippen molar-refractivity contribution in [3.63, 3.8) is 0 Å². The highest BCUT2D eigenvalue weighted by atomic mass is 35.5. The van der Waals surface area contributed by atoms with Crippen LogP contribution in [0.15, 0.2) is 30.5 Å². The summed E-state index contributed by atoms with van der Waals surface area (Å²) in [7, 11) is 0. The molecule has 1 fully saturated rings. The number of hydrogen-bond donors (Lipinski definition) is 3. The summed E-state index contributed by atoms with van der Waals surface area (Å²) >= 11 is 9.53. The molecule has 4 nitrogen and oxygen atoms in total. The van der Waals surface area contributed by atoms with E-state index in [4.69, 9.17) is 28.9 Å². The van der Waals surface area contributed by atoms with Crippen LogP contribution in [0.5, 0.6) is 0 Å². The third-order valence-electron chi connectivity index (χ3n) is 3.93. The Labute approximate surface area is 140 Å². The van der Waals surface area contributed by atoms with Gasteiger partial charge in [0.1, 0.15) is 0 Å². The monoisotopic (exact) mass is 341 g/mol. The number of nitrogens with two attached hydrogens (primary N) is 1. The second-order valence-electron chi connectivity index (χ2n) is 5.49. The molecule has 22 heavy (non-hydrogen) atoms. The zero-order valence-electron chi connectivity index (χ0n) is 12.4. The van der Waals surface area contributed by atoms with Gasteiger partial charge in [0, 0.05) is 11.9 Å². The number of aromatic nitrogens is 1. The van der Waals surface area contributed by atoms with Gasteiger partial charge in [-0.1, -0.05) is 31.0 Å². The van der Waals surface area contributed by atoms with Crippen LogP contribution in [-0.4, -0.2) is 27.6 Å². The normalized spacial score (nSPS) is 16.1. The number of alkyl halides is 2. The van der Waals surface area contributed by atoms with Gasteiger partial charge in [-0.25, -0.2) is 0 Å². The van der Waals surface area contributed by atoms with Gasteiger partial charge in [-0.2, -0.15) is 0 Å². The molecular weight excluding hydrogens is 321 g/mol. The van der Waals surface area contributed by atoms with Crippen molar-refractivity contribution in [2.75, 3.05) is 22.9 Å². The number of pyridine rings is 1. The second kappa shape index (κ2) is 7.86. The largest absolute Gasteiger partial charge is 0.396 e. The lowest BCUT2D eigenvalue weighted by Crippen LogP contribution is -2.33. The Morgan fingerprint density at radius 1 is 1.23 bits per heavy atom. The van der Waals surface area contributed by atoms with E-state index in [1.54, 1.807) is 6.20 Å². The van der Waals surface area contributed by atoms with Crippen molar-refractivity contribution in [2.45, 2.75) is 31.3 Å². The second-order valence-corrected chi connectivity index (χ2v) is 6.30. The fourth-order valence-corrected chi connectivity index (χ4v) is 2.82. The van der Waals surface area contributed by atoms with Crippen LogP contribution in [0.2, 0.25) is 0 Å². The molecule has 0 atom stereocenters. The summed E-state index contributed by atoms with van der Waals surface area (Å²) in [6.07, 6.45) is 5.60. The van der Waals surface area contributed by atoms with Gasteiger partial charge >= 0.3 is 0 Å². The van der Waals surface area contributed by atoms with E-state index in [9.17, 15) is 5.11 Å². The minimum atomic E-state index is -0.586. The average molecular weight is 342 g/mol. The number of anilines is 2. The molecule has 1 aromatic heterocycles. The summed E-state index contributed by atoms with van der Waals surface area (Å²) in [5, 5.41) is 14.9. The first-order valence-corrected chi connectivity index (χ1v) is 8.38. The van der Waals surface area contributed by atoms with Crippen molar-refractivity contribution < 1.29 is 5.11 Å². The minimum absolute atomic E-state index is 0.194. The van der Waals surface area contributed by atoms with Gasteiger partial charge in [0.25, 0.3) is 0 Å². The summed E-state index contributed by atoms with van der Waals surface area (Å²) in [5.74, 6) is 0. The Hall–Kier alpha value is -1.23. The highest BCUT2D eigenvalue weighted by Gasteiger charge is 2.30. The highest BCUT2D eigenvalue weighted by Crippen LogP contribution is 2.32. The molecule has 0 aliphatic heterocycles. The number of nitrogen functional groups attached to an aromatic ring is 1. The summed E-state index contributed by atoms with van der Waals surface area (Å²) < 4.78 is 0. The van der Waals surface area contributed by atoms with Crippen molar-refractivity contribution in [1.82, 2.24) is 4.98 Å². The average Bonchev–Trinajstić information content (AvgIpc) is 2.94. The Kier molecular flexibility index (Phi) is 6.12. The SMILES string of the molecule is ClCCl.Nc1cnc2ccccc2c1NCC1(O)CCCC1. The first-order chi connectivity index (χ1) is 10.6. The summed E-state index contributed by atoms with van der Waals surface area (Å²) in [6.45, 7) is 0.547. The fraction of sp³-hybridized carbons (Fsp3) is 0.438. The van der Waals surface area contributed by atoms with Crippen LogP contribution in [-0.2, 0) is 0 Å². The maximum Gasteiger partial charge on any atom is 0.0967 e. The molecule has 0 bridgehead atoms. The van der Waals surface area contributed by atoms with E-state index in [0.29, 0.717) is 12.2 Å². The van der Waals surface area contributed by atoms with Crippen molar-refractivity contribution in [1.29, 1.82) is 0 Å². The zero-order valence-corrected chi connectivity index (χ0v) is 13.9. The molecule has 2 aromatic rings. The molecule has 1 aliphatic rings. The number of benzene rings is 1. The third-order valence-corrected chi connectivity index (χ3v) is 3.93. The molecule has 1 aromatic carbocycles. The fourth-order valence-electron chi connectivity index (χ4n) is 2.82. The van der Waals surface area contributed by atoms with E-state index in [1.807, 2.05) is 24.3 Å². The number of halogens is 2. The molecular formula is C16H21Cl2N3O. The number of rotatable bonds is 3. The quantitative estimate of drug-likeness (QED) is 0.739. The van der Waals surface area contributed by atoms with Gasteiger partial charge in [0.15, 0.2) is 0 Å². The predicted molar refractivity (Wildman–Crippen MR) is 94.6 cm³/mol. The smallest absolute Gasteiger partial charge is 0.0967 e. The molecule has 0 amide bonds. The molecule has 0 spiro atoms. The van der Waals surface area contributed by atoms with Gasteiger partial charge in [-0.15, -0.1) is 23.2 Å². The standard InChI is InChI=1S/C15H19N3O.CH2Cl2/c16-12-9-17-13-6-2-1-5-11(13)14(12)18-10-15(19)7-3-4-8-15;2-1-3/h1-2,5-6,9,19H,3-4,7-8,10,16H2,(H,17,18);1H2. The molecule has 4 N–H and O–H groups in total. The van der Waals surface area contributed by atoms with Gasteiger partial charge in [0.2, 0.25) is 0 Å². The summed E-state index contributed by atoms with van der Waals surface area (Å²) in [4.78, 5) is 4.31. The van der Waals surface area contributed by atoms with Crippen LogP contribution in [0.4, 0.5) is 11.4 Å². The Balaban J connectivity index is 0.000000545. The zero-order chi connectivity index (χ0) is 16.0. The third kappa shape index (κ3) is 4.15. The molecule has 120 valence electrons. The summed E-state index contributed by atoms with van der Waals surface area (Å²) in [5.41, 5.74) is 7.84. The van der Waals surface area contributed by atoms with E-state index >= 15 is 0 Å². The molecule has 1 heterocycles. The number of fused-ring (bicyclic) bond motifs is 1. The summed E-state index contributed by atoms with van der Waals surface area (Å²) in [6, 6.07) is 7.89. The number of para-hydroxylation sites is 1. The molecule has 3 rings (SSSR count). The molecule has 1 saturated carbocycles. The van der Waals surface area contributed by atoms with Crippen molar-refractivity contribution in [3.8, 4) is 0 Å². The van der Waals surface area contributed by atoms with Crippen molar-refractivity contribution >= 4 is 45.5 Å². The maximum absolute atomic E-state index is 10.4. The van der Waals surface area contributed by atoms with E-state index in [2.05, 4.69) is 10.3 Å². The molecule has 0 radical (unpaired) electrons. The van der Waals surface area contributed by atoms with Gasteiger partial charge in [-0.05, 0) is 18.9 Å². The van der Waals surface area contributed by atoms with Crippen LogP contribution in [0.25, 0.3) is 10.9 Å². The van der Waals surface area contributed by atoms with Gasteiger partial charge in [0.05, 0.1) is 34.0 Å². The molecule has 1 aliphatic carbocycles. The van der Waals surface area contributed by atoms with Crippen LogP contribution >= 0.6 is 23.2 Å². The van der Waals surface area contributed by atoms with Gasteiger partial charge < -0.3 is 16.2 Å². The number of nitrogens with one attached hydrogen (secondary N) is 1. The van der Waals surface area contributed by atoms with Crippen LogP contribution in [0, 0.1) is 0 Å². The maximum atomic E-state index is 10.4. The molecule has 0 unspecified atom stereocenters. The van der Waals surface area contributed by atoms with Crippen molar-refractivity contribution in [3.05, 3.63) is 30.5 Å². The molecule has 6 heteroatoms. The first kappa shape index (κ1) is 17.1. The van der Waals surface area contributed by atoms with Crippen LogP contribution in [0.3, 0.4) is 0 Å². The lowest BCUT2D eigenvalue weighted by atomic mass is 10.0. The van der Waals surface area contributed by atoms with E-state index in [0.717, 1.165) is 42.3 Å². The Morgan fingerprint density at radius 2 is 1.86 bits per heavy atom. The number of nitrogens with zero attached hydrogens (tertiary/aromatic N) is 1. The van der Waals surface area contributed by atoms with E-state index < -0.39 is 5.60 Å². The first-order valence-electron chi connectivity index (χ1n) is 7.31. The Morgan fingerprint density at radius 3 is 2.55 bits per heavy atom.